The number of guanidine groups is 1. The minimum absolute atomic E-state index is 0.334. The Bertz CT molecular complexity index is 678. The molecule has 1 fully saturated rings. The summed E-state index contributed by atoms with van der Waals surface area (Å²) in [7, 11) is 1.92. The lowest BCUT2D eigenvalue weighted by Crippen LogP contribution is -2.46. The Balaban J connectivity index is 1.64. The Morgan fingerprint density at radius 1 is 1.38 bits per heavy atom. The summed E-state index contributed by atoms with van der Waals surface area (Å²) in [6.45, 7) is 7.89. The van der Waals surface area contributed by atoms with Gasteiger partial charge < -0.3 is 15.4 Å². The molecule has 3 heterocycles. The predicted octanol–water partition coefficient (Wildman–Crippen LogP) is 1.61. The van der Waals surface area contributed by atoms with E-state index in [1.54, 1.807) is 4.68 Å². The van der Waals surface area contributed by atoms with Gasteiger partial charge in [0.05, 0.1) is 32.0 Å². The van der Waals surface area contributed by atoms with Crippen LogP contribution in [0.15, 0.2) is 34.9 Å². The molecule has 0 amide bonds. The van der Waals surface area contributed by atoms with Crippen LogP contribution in [0.25, 0.3) is 0 Å². The molecule has 1 unspecified atom stereocenters. The van der Waals surface area contributed by atoms with Gasteiger partial charge in [-0.1, -0.05) is 6.07 Å². The van der Waals surface area contributed by atoms with Crippen LogP contribution in [0.4, 0.5) is 0 Å². The second-order valence-electron chi connectivity index (χ2n) is 6.28. The number of nitrogens with one attached hydrogen (secondary N) is 2. The van der Waals surface area contributed by atoms with E-state index in [-0.39, 0.29) is 0 Å². The average Bonchev–Trinajstić information content (AvgIpc) is 3.33. The SMILES string of the molecule is CCNC(=NCc1cnn(C)c1)NCC(c1cccs1)N1CCOCC1. The molecule has 3 rings (SSSR count). The van der Waals surface area contributed by atoms with E-state index in [4.69, 9.17) is 9.73 Å². The summed E-state index contributed by atoms with van der Waals surface area (Å²) in [5.74, 6) is 0.839. The van der Waals surface area contributed by atoms with E-state index >= 15 is 0 Å². The first-order chi connectivity index (χ1) is 12.8. The van der Waals surface area contributed by atoms with Gasteiger partial charge in [0.25, 0.3) is 0 Å². The van der Waals surface area contributed by atoms with E-state index in [1.165, 1.54) is 4.88 Å². The average molecular weight is 377 g/mol. The van der Waals surface area contributed by atoms with Crippen molar-refractivity contribution in [3.63, 3.8) is 0 Å². The predicted molar refractivity (Wildman–Crippen MR) is 105 cm³/mol. The van der Waals surface area contributed by atoms with Crippen molar-refractivity contribution in [3.05, 3.63) is 40.3 Å². The molecule has 2 aromatic heterocycles. The number of nitrogens with zero attached hydrogens (tertiary/aromatic N) is 4. The Morgan fingerprint density at radius 2 is 2.23 bits per heavy atom. The maximum absolute atomic E-state index is 5.52. The summed E-state index contributed by atoms with van der Waals surface area (Å²) in [6, 6.07) is 4.67. The van der Waals surface area contributed by atoms with Gasteiger partial charge in [0.1, 0.15) is 0 Å². The lowest BCUT2D eigenvalue weighted by Gasteiger charge is -2.34. The van der Waals surface area contributed by atoms with Crippen LogP contribution in [-0.2, 0) is 18.3 Å². The lowest BCUT2D eigenvalue weighted by molar-refractivity contribution is 0.0177. The monoisotopic (exact) mass is 376 g/mol. The quantitative estimate of drug-likeness (QED) is 0.568. The Morgan fingerprint density at radius 3 is 2.88 bits per heavy atom. The molecule has 0 aliphatic carbocycles. The third-order valence-corrected chi connectivity index (χ3v) is 5.32. The molecule has 1 aliphatic rings. The van der Waals surface area contributed by atoms with Crippen LogP contribution in [-0.4, -0.2) is 60.0 Å². The van der Waals surface area contributed by atoms with Crippen LogP contribution >= 0.6 is 11.3 Å². The summed E-state index contributed by atoms with van der Waals surface area (Å²) in [4.78, 5) is 8.57. The molecular formula is C18H28N6OS. The van der Waals surface area contributed by atoms with E-state index < -0.39 is 0 Å². The standard InChI is InChI=1S/C18H28N6OS/c1-3-19-18(20-11-15-12-22-23(2)14-15)21-13-16(17-5-4-10-26-17)24-6-8-25-9-7-24/h4-5,10,12,14,16H,3,6-9,11,13H2,1-2H3,(H2,19,20,21). The zero-order chi connectivity index (χ0) is 18.2. The molecule has 0 saturated carbocycles. The molecule has 0 spiro atoms. The summed E-state index contributed by atoms with van der Waals surface area (Å²) >= 11 is 1.81. The first-order valence-corrected chi connectivity index (χ1v) is 9.99. The van der Waals surface area contributed by atoms with E-state index in [0.717, 1.165) is 50.9 Å². The Kier molecular flexibility index (Phi) is 7.04. The number of aryl methyl sites for hydroxylation is 1. The highest BCUT2D eigenvalue weighted by Gasteiger charge is 2.23. The number of ether oxygens (including phenoxy) is 1. The number of thiophene rings is 1. The number of hydrogen-bond acceptors (Lipinski definition) is 5. The zero-order valence-corrected chi connectivity index (χ0v) is 16.3. The first-order valence-electron chi connectivity index (χ1n) is 9.11. The van der Waals surface area contributed by atoms with Crippen molar-refractivity contribution in [2.75, 3.05) is 39.4 Å². The molecular weight excluding hydrogens is 348 g/mol. The number of morpholine rings is 1. The van der Waals surface area contributed by atoms with Crippen molar-refractivity contribution < 1.29 is 4.74 Å². The van der Waals surface area contributed by atoms with Crippen molar-refractivity contribution in [2.24, 2.45) is 12.0 Å². The maximum atomic E-state index is 5.52. The van der Waals surface area contributed by atoms with Crippen molar-refractivity contribution in [1.82, 2.24) is 25.3 Å². The summed E-state index contributed by atoms with van der Waals surface area (Å²) < 4.78 is 7.32. The van der Waals surface area contributed by atoms with Crippen LogP contribution in [0.1, 0.15) is 23.4 Å². The van der Waals surface area contributed by atoms with Gasteiger partial charge in [-0.05, 0) is 18.4 Å². The molecule has 0 aromatic carbocycles. The second kappa shape index (κ2) is 9.70. The van der Waals surface area contributed by atoms with Gasteiger partial charge in [-0.2, -0.15) is 5.10 Å². The lowest BCUT2D eigenvalue weighted by atomic mass is 10.2. The number of aliphatic imine (C=N–C) groups is 1. The van der Waals surface area contributed by atoms with Gasteiger partial charge in [0.15, 0.2) is 5.96 Å². The number of rotatable bonds is 7. The normalized spacial score (nSPS) is 17.2. The molecule has 1 aliphatic heterocycles. The summed E-state index contributed by atoms with van der Waals surface area (Å²) in [5.41, 5.74) is 1.10. The third-order valence-electron chi connectivity index (χ3n) is 4.34. The molecule has 0 radical (unpaired) electrons. The summed E-state index contributed by atoms with van der Waals surface area (Å²) in [5, 5.41) is 13.2. The van der Waals surface area contributed by atoms with Crippen molar-refractivity contribution in [2.45, 2.75) is 19.5 Å². The molecule has 142 valence electrons. The zero-order valence-electron chi connectivity index (χ0n) is 15.5. The molecule has 8 heteroatoms. The van der Waals surface area contributed by atoms with Crippen LogP contribution in [0.5, 0.6) is 0 Å². The highest BCUT2D eigenvalue weighted by molar-refractivity contribution is 7.10. The second-order valence-corrected chi connectivity index (χ2v) is 7.26. The largest absolute Gasteiger partial charge is 0.379 e. The number of aromatic nitrogens is 2. The van der Waals surface area contributed by atoms with Crippen LogP contribution in [0.3, 0.4) is 0 Å². The molecule has 2 aromatic rings. The maximum Gasteiger partial charge on any atom is 0.191 e. The Hall–Kier alpha value is -1.90. The smallest absolute Gasteiger partial charge is 0.191 e. The topological polar surface area (TPSA) is 66.7 Å². The van der Waals surface area contributed by atoms with Gasteiger partial charge in [-0.3, -0.25) is 9.58 Å². The fourth-order valence-electron chi connectivity index (χ4n) is 3.04. The molecule has 2 N–H and O–H groups in total. The van der Waals surface area contributed by atoms with Gasteiger partial charge in [-0.15, -0.1) is 11.3 Å². The fraction of sp³-hybridized carbons (Fsp3) is 0.556. The minimum atomic E-state index is 0.334. The molecule has 1 atom stereocenters. The molecule has 0 bridgehead atoms. The van der Waals surface area contributed by atoms with E-state index in [2.05, 4.69) is 45.1 Å². The van der Waals surface area contributed by atoms with Gasteiger partial charge in [0, 0.05) is 49.9 Å². The van der Waals surface area contributed by atoms with E-state index in [1.807, 2.05) is 30.8 Å². The van der Waals surface area contributed by atoms with Crippen LogP contribution in [0.2, 0.25) is 0 Å². The van der Waals surface area contributed by atoms with Gasteiger partial charge in [0.2, 0.25) is 0 Å². The molecule has 7 nitrogen and oxygen atoms in total. The highest BCUT2D eigenvalue weighted by atomic mass is 32.1. The van der Waals surface area contributed by atoms with Gasteiger partial charge in [-0.25, -0.2) is 4.99 Å². The molecule has 26 heavy (non-hydrogen) atoms. The van der Waals surface area contributed by atoms with E-state index in [9.17, 15) is 0 Å². The minimum Gasteiger partial charge on any atom is -0.379 e. The Labute approximate surface area is 159 Å². The van der Waals surface area contributed by atoms with Crippen molar-refractivity contribution in [1.29, 1.82) is 0 Å². The highest BCUT2D eigenvalue weighted by Crippen LogP contribution is 2.25. The van der Waals surface area contributed by atoms with Crippen molar-refractivity contribution >= 4 is 17.3 Å². The fourth-order valence-corrected chi connectivity index (χ4v) is 3.90. The van der Waals surface area contributed by atoms with Crippen LogP contribution in [0, 0.1) is 0 Å². The van der Waals surface area contributed by atoms with Crippen molar-refractivity contribution in [3.8, 4) is 0 Å². The third kappa shape index (κ3) is 5.30. The molecule has 1 saturated heterocycles. The number of hydrogen-bond donors (Lipinski definition) is 2. The van der Waals surface area contributed by atoms with E-state index in [0.29, 0.717) is 12.6 Å². The summed E-state index contributed by atoms with van der Waals surface area (Å²) in [6.07, 6.45) is 3.85. The van der Waals surface area contributed by atoms with Crippen LogP contribution < -0.4 is 10.6 Å². The first kappa shape index (κ1) is 18.9. The van der Waals surface area contributed by atoms with Gasteiger partial charge >= 0.3 is 0 Å².